The monoisotopic (exact) mass is 236 g/mol. The second-order valence-corrected chi connectivity index (χ2v) is 4.48. The average molecular weight is 236 g/mol. The van der Waals surface area contributed by atoms with Gasteiger partial charge in [0.15, 0.2) is 0 Å². The molecule has 1 nitrogen and oxygen atoms in total. The number of hydrogen-bond acceptors (Lipinski definition) is 1. The number of aldehydes is 1. The Labute approximate surface area is 107 Å². The second-order valence-electron chi connectivity index (χ2n) is 4.48. The van der Waals surface area contributed by atoms with Crippen molar-refractivity contribution in [3.05, 3.63) is 24.3 Å². The number of unbranched alkanes of at least 4 members (excludes halogenated alkanes) is 7. The van der Waals surface area contributed by atoms with Crippen molar-refractivity contribution >= 4 is 6.29 Å². The fourth-order valence-electron chi connectivity index (χ4n) is 1.69. The van der Waals surface area contributed by atoms with Crippen LogP contribution in [0.5, 0.6) is 0 Å². The van der Waals surface area contributed by atoms with Crippen molar-refractivity contribution in [3.63, 3.8) is 0 Å². The fourth-order valence-corrected chi connectivity index (χ4v) is 1.69. The predicted octanol–water partition coefficient (Wildman–Crippen LogP) is 5.22. The van der Waals surface area contributed by atoms with Gasteiger partial charge < -0.3 is 4.79 Å². The second kappa shape index (κ2) is 15.1. The van der Waals surface area contributed by atoms with E-state index in [9.17, 15) is 4.79 Å². The lowest BCUT2D eigenvalue weighted by Crippen LogP contribution is -1.80. The Morgan fingerprint density at radius 3 is 1.94 bits per heavy atom. The predicted molar refractivity (Wildman–Crippen MR) is 76.2 cm³/mol. The summed E-state index contributed by atoms with van der Waals surface area (Å²) in [7, 11) is 0. The van der Waals surface area contributed by atoms with Crippen LogP contribution in [0.25, 0.3) is 0 Å². The molecule has 0 aromatic heterocycles. The lowest BCUT2D eigenvalue weighted by atomic mass is 10.1. The van der Waals surface area contributed by atoms with Crippen molar-refractivity contribution in [1.29, 1.82) is 0 Å². The van der Waals surface area contributed by atoms with E-state index >= 15 is 0 Å². The Morgan fingerprint density at radius 2 is 1.29 bits per heavy atom. The van der Waals surface area contributed by atoms with Gasteiger partial charge in [-0.2, -0.15) is 0 Å². The third-order valence-corrected chi connectivity index (χ3v) is 2.75. The highest BCUT2D eigenvalue weighted by Crippen LogP contribution is 2.07. The third-order valence-electron chi connectivity index (χ3n) is 2.75. The standard InChI is InChI=1S/C16H28O/c1-2-3-4-5-6-7-8-9-10-11-12-13-14-15-16-17/h4-5,7-8,16H,2-3,6,9-15H2,1H3/b5-4+,8-7+. The van der Waals surface area contributed by atoms with Gasteiger partial charge >= 0.3 is 0 Å². The van der Waals surface area contributed by atoms with E-state index in [2.05, 4.69) is 31.2 Å². The van der Waals surface area contributed by atoms with E-state index in [4.69, 9.17) is 0 Å². The van der Waals surface area contributed by atoms with Crippen molar-refractivity contribution in [2.75, 3.05) is 0 Å². The van der Waals surface area contributed by atoms with E-state index in [-0.39, 0.29) is 0 Å². The summed E-state index contributed by atoms with van der Waals surface area (Å²) in [4.78, 5) is 10.1. The van der Waals surface area contributed by atoms with Crippen LogP contribution in [0.1, 0.15) is 71.1 Å². The minimum absolute atomic E-state index is 0.740. The Bertz CT molecular complexity index is 204. The molecule has 98 valence electrons. The van der Waals surface area contributed by atoms with Crippen LogP contribution < -0.4 is 0 Å². The average Bonchev–Trinajstić information content (AvgIpc) is 2.35. The van der Waals surface area contributed by atoms with Gasteiger partial charge in [0.2, 0.25) is 0 Å². The molecule has 1 heteroatoms. The van der Waals surface area contributed by atoms with Gasteiger partial charge in [-0.25, -0.2) is 0 Å². The highest BCUT2D eigenvalue weighted by atomic mass is 16.1. The normalized spacial score (nSPS) is 11.6. The van der Waals surface area contributed by atoms with Gasteiger partial charge in [0.05, 0.1) is 0 Å². The Kier molecular flexibility index (Phi) is 14.4. The molecule has 0 fully saturated rings. The molecule has 0 spiro atoms. The number of carbonyl (C=O) groups is 1. The maximum Gasteiger partial charge on any atom is 0.119 e. The molecule has 17 heavy (non-hydrogen) atoms. The summed E-state index contributed by atoms with van der Waals surface area (Å²) >= 11 is 0. The van der Waals surface area contributed by atoms with Crippen LogP contribution in [0.3, 0.4) is 0 Å². The van der Waals surface area contributed by atoms with Crippen LogP contribution in [0, 0.1) is 0 Å². The number of allylic oxidation sites excluding steroid dienone is 4. The largest absolute Gasteiger partial charge is 0.303 e. The maximum absolute atomic E-state index is 10.1. The molecule has 0 saturated carbocycles. The summed E-state index contributed by atoms with van der Waals surface area (Å²) in [6.07, 6.45) is 21.7. The van der Waals surface area contributed by atoms with Crippen molar-refractivity contribution in [2.24, 2.45) is 0 Å². The van der Waals surface area contributed by atoms with Crippen LogP contribution in [-0.2, 0) is 4.79 Å². The molecule has 0 bridgehead atoms. The van der Waals surface area contributed by atoms with Crippen molar-refractivity contribution < 1.29 is 4.79 Å². The summed E-state index contributed by atoms with van der Waals surface area (Å²) in [5, 5.41) is 0. The molecule has 0 atom stereocenters. The van der Waals surface area contributed by atoms with E-state index in [0.717, 1.165) is 25.5 Å². The van der Waals surface area contributed by atoms with Crippen molar-refractivity contribution in [2.45, 2.75) is 71.1 Å². The van der Waals surface area contributed by atoms with Crippen LogP contribution in [0.4, 0.5) is 0 Å². The van der Waals surface area contributed by atoms with Gasteiger partial charge in [0.1, 0.15) is 6.29 Å². The topological polar surface area (TPSA) is 17.1 Å². The number of hydrogen-bond donors (Lipinski definition) is 0. The fraction of sp³-hybridized carbons (Fsp3) is 0.688. The number of rotatable bonds is 12. The first-order valence-corrected chi connectivity index (χ1v) is 7.15. The van der Waals surface area contributed by atoms with Crippen LogP contribution >= 0.6 is 0 Å². The summed E-state index contributed by atoms with van der Waals surface area (Å²) < 4.78 is 0. The quantitative estimate of drug-likeness (QED) is 0.258. The molecule has 0 heterocycles. The van der Waals surface area contributed by atoms with Gasteiger partial charge in [-0.1, -0.05) is 56.9 Å². The van der Waals surface area contributed by atoms with E-state index in [1.54, 1.807) is 0 Å². The first kappa shape index (κ1) is 16.1. The van der Waals surface area contributed by atoms with Crippen LogP contribution in [0.15, 0.2) is 24.3 Å². The molecule has 0 rings (SSSR count). The molecule has 0 N–H and O–H groups in total. The van der Waals surface area contributed by atoms with Crippen LogP contribution in [0.2, 0.25) is 0 Å². The Morgan fingerprint density at radius 1 is 0.706 bits per heavy atom. The van der Waals surface area contributed by atoms with Gasteiger partial charge in [0, 0.05) is 6.42 Å². The van der Waals surface area contributed by atoms with Gasteiger partial charge in [-0.3, -0.25) is 0 Å². The van der Waals surface area contributed by atoms with E-state index in [1.807, 2.05) is 0 Å². The SMILES string of the molecule is CCC/C=C/C/C=C/CCCCCCCC=O. The zero-order chi connectivity index (χ0) is 12.6. The Hall–Kier alpha value is -0.850. The first-order valence-electron chi connectivity index (χ1n) is 7.15. The molecular formula is C16H28O. The molecule has 0 aromatic rings. The third kappa shape index (κ3) is 15.1. The molecule has 0 unspecified atom stereocenters. The summed E-state index contributed by atoms with van der Waals surface area (Å²) in [6, 6.07) is 0. The molecule has 0 aromatic carbocycles. The highest BCUT2D eigenvalue weighted by Gasteiger charge is 1.89. The molecule has 0 radical (unpaired) electrons. The summed E-state index contributed by atoms with van der Waals surface area (Å²) in [5.74, 6) is 0. The minimum atomic E-state index is 0.740. The Balaban J connectivity index is 3.11. The van der Waals surface area contributed by atoms with Crippen molar-refractivity contribution in [3.8, 4) is 0 Å². The maximum atomic E-state index is 10.1. The lowest BCUT2D eigenvalue weighted by Gasteiger charge is -1.97. The van der Waals surface area contributed by atoms with Gasteiger partial charge in [0.25, 0.3) is 0 Å². The molecule has 0 aliphatic heterocycles. The number of carbonyl (C=O) groups excluding carboxylic acids is 1. The molecule has 0 amide bonds. The zero-order valence-electron chi connectivity index (χ0n) is 11.4. The summed E-state index contributed by atoms with van der Waals surface area (Å²) in [6.45, 7) is 2.20. The van der Waals surface area contributed by atoms with Crippen molar-refractivity contribution in [1.82, 2.24) is 0 Å². The van der Waals surface area contributed by atoms with Gasteiger partial charge in [-0.05, 0) is 32.1 Å². The molecule has 0 aliphatic rings. The molecule has 0 aliphatic carbocycles. The lowest BCUT2D eigenvalue weighted by molar-refractivity contribution is -0.107. The zero-order valence-corrected chi connectivity index (χ0v) is 11.4. The van der Waals surface area contributed by atoms with Crippen LogP contribution in [-0.4, -0.2) is 6.29 Å². The van der Waals surface area contributed by atoms with E-state index in [0.29, 0.717) is 0 Å². The van der Waals surface area contributed by atoms with E-state index in [1.165, 1.54) is 44.9 Å². The first-order chi connectivity index (χ1) is 8.41. The van der Waals surface area contributed by atoms with E-state index < -0.39 is 0 Å². The summed E-state index contributed by atoms with van der Waals surface area (Å²) in [5.41, 5.74) is 0. The smallest absolute Gasteiger partial charge is 0.119 e. The van der Waals surface area contributed by atoms with Gasteiger partial charge in [-0.15, -0.1) is 0 Å². The highest BCUT2D eigenvalue weighted by molar-refractivity contribution is 5.48. The molecule has 0 saturated heterocycles. The minimum Gasteiger partial charge on any atom is -0.303 e. The molecular weight excluding hydrogens is 208 g/mol.